The number of carbonyl (C=O) groups is 1. The van der Waals surface area contributed by atoms with Gasteiger partial charge in [-0.3, -0.25) is 9.79 Å². The number of carbonyl (C=O) groups excluding carboxylic acids is 1. The fraction of sp³-hybridized carbons (Fsp3) is 0.882. The number of piperidine rings is 1. The Hall–Kier alpha value is -0.570. The van der Waals surface area contributed by atoms with Gasteiger partial charge in [0.2, 0.25) is 5.91 Å². The van der Waals surface area contributed by atoms with Crippen molar-refractivity contribution in [1.29, 1.82) is 0 Å². The lowest BCUT2D eigenvalue weighted by atomic mass is 9.93. The van der Waals surface area contributed by atoms with Crippen LogP contribution < -0.4 is 10.6 Å². The van der Waals surface area contributed by atoms with Gasteiger partial charge in [-0.1, -0.05) is 0 Å². The highest BCUT2D eigenvalue weighted by Gasteiger charge is 2.42. The molecule has 0 bridgehead atoms. The number of methoxy groups -OCH3 is 1. The molecule has 0 unspecified atom stereocenters. The molecule has 1 saturated heterocycles. The van der Waals surface area contributed by atoms with E-state index in [-0.39, 0.29) is 29.9 Å². The fourth-order valence-corrected chi connectivity index (χ4v) is 3.32. The second-order valence-electron chi connectivity index (χ2n) is 6.95. The molecule has 0 atom stereocenters. The molecule has 0 aromatic heterocycles. The smallest absolute Gasteiger partial charge is 0.220 e. The highest BCUT2D eigenvalue weighted by Crippen LogP contribution is 2.48. The number of likely N-dealkylation sites (tertiary alicyclic amines) is 1. The molecule has 2 aliphatic rings. The van der Waals surface area contributed by atoms with Gasteiger partial charge in [-0.2, -0.15) is 0 Å². The summed E-state index contributed by atoms with van der Waals surface area (Å²) in [5.74, 6) is 1.66. The van der Waals surface area contributed by atoms with E-state index in [4.69, 9.17) is 4.74 Å². The number of ether oxygens (including phenoxy) is 1. The highest BCUT2D eigenvalue weighted by atomic mass is 127. The average Bonchev–Trinajstić information content (AvgIpc) is 3.35. The number of halogens is 1. The lowest BCUT2D eigenvalue weighted by molar-refractivity contribution is -0.121. The zero-order valence-electron chi connectivity index (χ0n) is 15.3. The Labute approximate surface area is 163 Å². The van der Waals surface area contributed by atoms with Crippen LogP contribution in [-0.4, -0.2) is 64.2 Å². The summed E-state index contributed by atoms with van der Waals surface area (Å²) in [6, 6.07) is 0. The van der Waals surface area contributed by atoms with Crippen molar-refractivity contribution in [2.45, 2.75) is 38.5 Å². The summed E-state index contributed by atoms with van der Waals surface area (Å²) < 4.78 is 5.22. The summed E-state index contributed by atoms with van der Waals surface area (Å²) in [6.45, 7) is 3.78. The van der Waals surface area contributed by atoms with Gasteiger partial charge >= 0.3 is 0 Å². The minimum Gasteiger partial charge on any atom is -0.385 e. The molecule has 1 aliphatic carbocycles. The van der Waals surface area contributed by atoms with Crippen LogP contribution in [0.15, 0.2) is 4.99 Å². The van der Waals surface area contributed by atoms with Gasteiger partial charge in [0, 0.05) is 53.9 Å². The van der Waals surface area contributed by atoms with Crippen molar-refractivity contribution in [2.75, 3.05) is 47.4 Å². The van der Waals surface area contributed by atoms with E-state index in [2.05, 4.69) is 20.5 Å². The van der Waals surface area contributed by atoms with Crippen molar-refractivity contribution in [2.24, 2.45) is 16.3 Å². The maximum atomic E-state index is 11.5. The van der Waals surface area contributed by atoms with Gasteiger partial charge in [-0.25, -0.2) is 0 Å². The number of amides is 1. The lowest BCUT2D eigenvalue weighted by Gasteiger charge is -2.34. The standard InChI is InChI=1S/C17H32N4O2.HI/c1-18-15(22)12-14-4-9-21(10-5-14)16(19-2)20-13-17(6-7-17)8-11-23-3;/h14H,4-13H2,1-3H3,(H,18,22)(H,19,20);1H. The summed E-state index contributed by atoms with van der Waals surface area (Å²) in [4.78, 5) is 18.3. The van der Waals surface area contributed by atoms with Crippen LogP contribution in [0.5, 0.6) is 0 Å². The van der Waals surface area contributed by atoms with E-state index in [1.54, 1.807) is 14.2 Å². The molecule has 0 aromatic rings. The molecule has 1 saturated carbocycles. The van der Waals surface area contributed by atoms with Gasteiger partial charge < -0.3 is 20.3 Å². The predicted octanol–water partition coefficient (Wildman–Crippen LogP) is 1.84. The van der Waals surface area contributed by atoms with Crippen LogP contribution in [-0.2, 0) is 9.53 Å². The van der Waals surface area contributed by atoms with E-state index in [0.29, 0.717) is 17.8 Å². The largest absolute Gasteiger partial charge is 0.385 e. The van der Waals surface area contributed by atoms with E-state index < -0.39 is 0 Å². The quantitative estimate of drug-likeness (QED) is 0.352. The Morgan fingerprint density at radius 2 is 2.00 bits per heavy atom. The van der Waals surface area contributed by atoms with Crippen LogP contribution in [0.25, 0.3) is 0 Å². The predicted molar refractivity (Wildman–Crippen MR) is 108 cm³/mol. The molecule has 1 amide bonds. The van der Waals surface area contributed by atoms with E-state index in [1.165, 1.54) is 12.8 Å². The van der Waals surface area contributed by atoms with Crippen LogP contribution in [0.3, 0.4) is 0 Å². The van der Waals surface area contributed by atoms with Crippen LogP contribution >= 0.6 is 24.0 Å². The Kier molecular flexibility index (Phi) is 9.33. The van der Waals surface area contributed by atoms with E-state index >= 15 is 0 Å². The molecule has 0 radical (unpaired) electrons. The summed E-state index contributed by atoms with van der Waals surface area (Å²) in [5, 5.41) is 6.28. The number of nitrogens with zero attached hydrogens (tertiary/aromatic N) is 2. The van der Waals surface area contributed by atoms with Gasteiger partial charge in [-0.05, 0) is 43.4 Å². The molecule has 24 heavy (non-hydrogen) atoms. The molecule has 2 N–H and O–H groups in total. The number of hydrogen-bond acceptors (Lipinski definition) is 3. The summed E-state index contributed by atoms with van der Waals surface area (Å²) in [6.07, 6.45) is 6.47. The Morgan fingerprint density at radius 3 is 2.50 bits per heavy atom. The van der Waals surface area contributed by atoms with Crippen molar-refractivity contribution >= 4 is 35.8 Å². The molecule has 0 aromatic carbocycles. The van der Waals surface area contributed by atoms with E-state index in [0.717, 1.165) is 51.5 Å². The molecule has 1 aliphatic heterocycles. The first-order valence-corrected chi connectivity index (χ1v) is 8.77. The van der Waals surface area contributed by atoms with Crippen LogP contribution in [0.1, 0.15) is 38.5 Å². The zero-order valence-corrected chi connectivity index (χ0v) is 17.6. The first-order chi connectivity index (χ1) is 11.1. The average molecular weight is 452 g/mol. The van der Waals surface area contributed by atoms with Crippen molar-refractivity contribution < 1.29 is 9.53 Å². The van der Waals surface area contributed by atoms with Crippen LogP contribution in [0.4, 0.5) is 0 Å². The van der Waals surface area contributed by atoms with Crippen LogP contribution in [0.2, 0.25) is 0 Å². The molecule has 0 spiro atoms. The molecular weight excluding hydrogens is 419 g/mol. The van der Waals surface area contributed by atoms with Crippen molar-refractivity contribution in [3.8, 4) is 0 Å². The third kappa shape index (κ3) is 6.38. The summed E-state index contributed by atoms with van der Waals surface area (Å²) >= 11 is 0. The first kappa shape index (κ1) is 21.5. The maximum absolute atomic E-state index is 11.5. The Morgan fingerprint density at radius 1 is 1.33 bits per heavy atom. The molecular formula is C17H33IN4O2. The van der Waals surface area contributed by atoms with Gasteiger partial charge in [0.1, 0.15) is 0 Å². The minimum absolute atomic E-state index is 0. The monoisotopic (exact) mass is 452 g/mol. The number of hydrogen-bond donors (Lipinski definition) is 2. The third-order valence-electron chi connectivity index (χ3n) is 5.29. The maximum Gasteiger partial charge on any atom is 0.220 e. The summed E-state index contributed by atoms with van der Waals surface area (Å²) in [5.41, 5.74) is 0.420. The second-order valence-corrected chi connectivity index (χ2v) is 6.95. The minimum atomic E-state index is 0. The molecule has 6 nitrogen and oxygen atoms in total. The van der Waals surface area contributed by atoms with Gasteiger partial charge in [0.05, 0.1) is 0 Å². The number of rotatable bonds is 7. The van der Waals surface area contributed by atoms with Crippen molar-refractivity contribution in [3.05, 3.63) is 0 Å². The van der Waals surface area contributed by atoms with E-state index in [9.17, 15) is 4.79 Å². The number of nitrogens with one attached hydrogen (secondary N) is 2. The number of guanidine groups is 1. The Balaban J connectivity index is 0.00000288. The van der Waals surface area contributed by atoms with Gasteiger partial charge in [0.15, 0.2) is 5.96 Å². The lowest BCUT2D eigenvalue weighted by Crippen LogP contribution is -2.47. The molecule has 1 heterocycles. The molecule has 7 heteroatoms. The van der Waals surface area contributed by atoms with Gasteiger partial charge in [0.25, 0.3) is 0 Å². The van der Waals surface area contributed by atoms with E-state index in [1.807, 2.05) is 7.05 Å². The SMILES string of the molecule is CN=C(NCC1(CCOC)CC1)N1CCC(CC(=O)NC)CC1.I. The second kappa shape index (κ2) is 10.4. The van der Waals surface area contributed by atoms with Crippen molar-refractivity contribution in [3.63, 3.8) is 0 Å². The molecule has 140 valence electrons. The number of aliphatic imine (C=N–C) groups is 1. The highest BCUT2D eigenvalue weighted by molar-refractivity contribution is 14.0. The van der Waals surface area contributed by atoms with Crippen molar-refractivity contribution in [1.82, 2.24) is 15.5 Å². The molecule has 2 rings (SSSR count). The topological polar surface area (TPSA) is 66.0 Å². The Bertz CT molecular complexity index is 419. The fourth-order valence-electron chi connectivity index (χ4n) is 3.32. The molecule has 2 fully saturated rings. The third-order valence-corrected chi connectivity index (χ3v) is 5.29. The zero-order chi connectivity index (χ0) is 16.7. The summed E-state index contributed by atoms with van der Waals surface area (Å²) in [7, 11) is 5.33. The normalized spacial score (nSPS) is 20.3. The van der Waals surface area contributed by atoms with Gasteiger partial charge in [-0.15, -0.1) is 24.0 Å². The van der Waals surface area contributed by atoms with Crippen LogP contribution in [0, 0.1) is 11.3 Å². The first-order valence-electron chi connectivity index (χ1n) is 8.77.